The van der Waals surface area contributed by atoms with Crippen LogP contribution in [0.15, 0.2) is 53.4 Å². The van der Waals surface area contributed by atoms with E-state index in [1.807, 2.05) is 19.1 Å². The molecular weight excluding hydrogens is 385 g/mol. The predicted molar refractivity (Wildman–Crippen MR) is 107 cm³/mol. The molecule has 0 saturated carbocycles. The van der Waals surface area contributed by atoms with Gasteiger partial charge in [-0.25, -0.2) is 8.93 Å². The van der Waals surface area contributed by atoms with Crippen LogP contribution in [0.2, 0.25) is 0 Å². The zero-order valence-electron chi connectivity index (χ0n) is 16.0. The number of methoxy groups -OCH3 is 1. The van der Waals surface area contributed by atoms with Gasteiger partial charge in [0.2, 0.25) is 0 Å². The summed E-state index contributed by atoms with van der Waals surface area (Å²) in [4.78, 5) is 0.582. The average Bonchev–Trinajstić information content (AvgIpc) is 2.67. The van der Waals surface area contributed by atoms with Gasteiger partial charge in [0.1, 0.15) is 22.5 Å². The number of rotatable bonds is 10. The summed E-state index contributed by atoms with van der Waals surface area (Å²) in [6.07, 6.45) is 0. The van der Waals surface area contributed by atoms with Crippen LogP contribution in [0.1, 0.15) is 30.8 Å². The number of benzene rings is 2. The van der Waals surface area contributed by atoms with Crippen molar-refractivity contribution in [3.63, 3.8) is 0 Å². The van der Waals surface area contributed by atoms with Crippen molar-refractivity contribution in [1.82, 2.24) is 4.72 Å². The molecule has 0 bridgehead atoms. The van der Waals surface area contributed by atoms with Gasteiger partial charge in [-0.1, -0.05) is 29.8 Å². The third-order valence-corrected chi connectivity index (χ3v) is 7.44. The minimum atomic E-state index is -3.60. The summed E-state index contributed by atoms with van der Waals surface area (Å²) in [5.74, 6) is -0.217. The van der Waals surface area contributed by atoms with Crippen LogP contribution in [0.5, 0.6) is 5.75 Å². The van der Waals surface area contributed by atoms with Gasteiger partial charge in [0.25, 0.3) is 0 Å². The van der Waals surface area contributed by atoms with E-state index in [-0.39, 0.29) is 13.2 Å². The Morgan fingerprint density at radius 2 is 1.56 bits per heavy atom. The van der Waals surface area contributed by atoms with Gasteiger partial charge in [-0.05, 0) is 50.6 Å². The van der Waals surface area contributed by atoms with Crippen molar-refractivity contribution in [3.8, 4) is 5.75 Å². The van der Waals surface area contributed by atoms with E-state index in [0.29, 0.717) is 16.2 Å². The molecule has 148 valence electrons. The molecule has 2 rings (SSSR count). The summed E-state index contributed by atoms with van der Waals surface area (Å²) < 4.78 is 45.4. The van der Waals surface area contributed by atoms with Crippen molar-refractivity contribution >= 4 is 18.6 Å². The van der Waals surface area contributed by atoms with Gasteiger partial charge in [-0.15, -0.1) is 0 Å². The minimum Gasteiger partial charge on any atom is -0.497 e. The average molecular weight is 411 g/mol. The molecule has 0 aromatic heterocycles. The highest BCUT2D eigenvalue weighted by Gasteiger charge is 2.38. The number of aryl methyl sites for hydroxylation is 1. The fraction of sp³-hybridized carbons (Fsp3) is 0.368. The molecule has 0 radical (unpaired) electrons. The second-order valence-electron chi connectivity index (χ2n) is 5.75. The Labute approximate surface area is 163 Å². The smallest absolute Gasteiger partial charge is 0.352 e. The summed E-state index contributed by atoms with van der Waals surface area (Å²) in [6, 6.07) is 14.3. The van der Waals surface area contributed by atoms with Crippen LogP contribution in [0.25, 0.3) is 0 Å². The first-order valence-corrected chi connectivity index (χ1v) is 11.5. The summed E-state index contributed by atoms with van der Waals surface area (Å²) in [6.45, 7) is 5.87. The lowest BCUT2D eigenvalue weighted by molar-refractivity contribution is 0.210. The number of hydrogen-bond acceptors (Lipinski definition) is 5. The monoisotopic (exact) mass is 411 g/mol. The second-order valence-corrected chi connectivity index (χ2v) is 9.11. The lowest BCUT2D eigenvalue weighted by Gasteiger charge is -2.27. The van der Waals surface area contributed by atoms with Crippen LogP contribution in [-0.2, 0) is 24.6 Å². The molecule has 2 atom stereocenters. The van der Waals surface area contributed by atoms with E-state index in [2.05, 4.69) is 4.72 Å². The molecule has 27 heavy (non-hydrogen) atoms. The van der Waals surface area contributed by atoms with Crippen molar-refractivity contribution in [2.75, 3.05) is 20.3 Å². The Kier molecular flexibility index (Phi) is 8.20. The fourth-order valence-electron chi connectivity index (χ4n) is 2.48. The maximum atomic E-state index is 13.4. The Morgan fingerprint density at radius 3 is 2.04 bits per heavy atom. The van der Waals surface area contributed by atoms with E-state index in [1.165, 1.54) is 0 Å². The molecule has 0 aliphatic rings. The van der Waals surface area contributed by atoms with Gasteiger partial charge in [0.05, 0.1) is 25.2 Å². The molecule has 0 aliphatic carbocycles. The molecule has 0 heterocycles. The summed E-state index contributed by atoms with van der Waals surface area (Å²) in [7, 11) is -3.63. The molecule has 0 fully saturated rings. The molecule has 0 amide bonds. The zero-order chi connectivity index (χ0) is 19.9. The van der Waals surface area contributed by atoms with Crippen LogP contribution in [-0.4, -0.2) is 24.5 Å². The Bertz CT molecular complexity index is 785. The van der Waals surface area contributed by atoms with E-state index in [9.17, 15) is 8.77 Å². The lowest BCUT2D eigenvalue weighted by atomic mass is 10.2. The summed E-state index contributed by atoms with van der Waals surface area (Å²) >= 11 is 0. The van der Waals surface area contributed by atoms with Gasteiger partial charge in [-0.2, -0.15) is 0 Å². The highest BCUT2D eigenvalue weighted by atomic mass is 32.2. The minimum absolute atomic E-state index is 0.211. The van der Waals surface area contributed by atoms with Gasteiger partial charge in [0.15, 0.2) is 0 Å². The molecule has 0 spiro atoms. The van der Waals surface area contributed by atoms with Crippen molar-refractivity contribution in [2.24, 2.45) is 0 Å². The van der Waals surface area contributed by atoms with Crippen molar-refractivity contribution in [2.45, 2.75) is 31.4 Å². The van der Waals surface area contributed by atoms with Crippen LogP contribution < -0.4 is 9.46 Å². The predicted octanol–water partition coefficient (Wildman–Crippen LogP) is 4.58. The molecule has 1 unspecified atom stereocenters. The third-order valence-electron chi connectivity index (χ3n) is 3.82. The summed E-state index contributed by atoms with van der Waals surface area (Å²) in [5.41, 5.74) is 1.71. The Morgan fingerprint density at radius 1 is 1.00 bits per heavy atom. The number of nitrogens with one attached hydrogen (secondary N) is 1. The molecule has 6 nitrogen and oxygen atoms in total. The molecule has 0 aliphatic heterocycles. The highest BCUT2D eigenvalue weighted by Crippen LogP contribution is 2.59. The van der Waals surface area contributed by atoms with Crippen LogP contribution >= 0.6 is 7.60 Å². The van der Waals surface area contributed by atoms with E-state index in [1.54, 1.807) is 57.4 Å². The van der Waals surface area contributed by atoms with Crippen molar-refractivity contribution in [1.29, 1.82) is 0 Å². The molecule has 2 aromatic carbocycles. The largest absolute Gasteiger partial charge is 0.497 e. The second kappa shape index (κ2) is 10.2. The van der Waals surface area contributed by atoms with E-state index < -0.39 is 24.4 Å². The maximum Gasteiger partial charge on any atom is 0.352 e. The van der Waals surface area contributed by atoms with Gasteiger partial charge >= 0.3 is 7.60 Å². The molecule has 1 N–H and O–H groups in total. The quantitative estimate of drug-likeness (QED) is 0.579. The first-order valence-electron chi connectivity index (χ1n) is 8.70. The van der Waals surface area contributed by atoms with E-state index >= 15 is 0 Å². The molecule has 0 saturated heterocycles. The third kappa shape index (κ3) is 5.74. The number of hydrogen-bond donors (Lipinski definition) is 1. The fourth-order valence-corrected chi connectivity index (χ4v) is 5.77. The van der Waals surface area contributed by atoms with Gasteiger partial charge < -0.3 is 13.8 Å². The van der Waals surface area contributed by atoms with Crippen LogP contribution in [0, 0.1) is 6.92 Å². The molecule has 2 aromatic rings. The van der Waals surface area contributed by atoms with Crippen molar-refractivity contribution in [3.05, 3.63) is 59.7 Å². The Hall–Kier alpha value is -1.50. The van der Waals surface area contributed by atoms with E-state index in [4.69, 9.17) is 13.8 Å². The maximum absolute atomic E-state index is 13.4. The van der Waals surface area contributed by atoms with Crippen LogP contribution in [0.4, 0.5) is 0 Å². The lowest BCUT2D eigenvalue weighted by Crippen LogP contribution is -2.25. The molecule has 8 heteroatoms. The molecular formula is C19H26NO5PS. The van der Waals surface area contributed by atoms with Gasteiger partial charge in [0, 0.05) is 0 Å². The summed E-state index contributed by atoms with van der Waals surface area (Å²) in [5, 5.41) is 0. The first kappa shape index (κ1) is 21.8. The van der Waals surface area contributed by atoms with E-state index in [0.717, 1.165) is 5.56 Å². The SMILES string of the molecule is CCOP(=O)(OCC)C(N[S@@](=O)c1ccc(C)cc1)c1ccc(OC)cc1. The number of ether oxygens (including phenoxy) is 1. The van der Waals surface area contributed by atoms with Crippen LogP contribution in [0.3, 0.4) is 0 Å². The topological polar surface area (TPSA) is 73.9 Å². The first-order chi connectivity index (χ1) is 12.9. The Balaban J connectivity index is 2.39. The van der Waals surface area contributed by atoms with Gasteiger partial charge in [-0.3, -0.25) is 4.57 Å². The highest BCUT2D eigenvalue weighted by molar-refractivity contribution is 7.83. The standard InChI is InChI=1S/C19H26NO5PS/c1-5-24-26(21,25-6-2)19(16-9-11-17(23-4)12-10-16)20-27(22)18-13-7-15(3)8-14-18/h7-14,19-20H,5-6H2,1-4H3/t19?,27-/m0/s1. The normalized spacial score (nSPS) is 13.9. The van der Waals surface area contributed by atoms with Crippen molar-refractivity contribution < 1.29 is 22.6 Å². The zero-order valence-corrected chi connectivity index (χ0v) is 17.7.